The summed E-state index contributed by atoms with van der Waals surface area (Å²) in [5.41, 5.74) is 4.63. The van der Waals surface area contributed by atoms with Gasteiger partial charge in [0.05, 0.1) is 9.26 Å². The Kier molecular flexibility index (Phi) is 3.56. The Morgan fingerprint density at radius 3 is 2.61 bits per heavy atom. The third-order valence-electron chi connectivity index (χ3n) is 3.02. The normalized spacial score (nSPS) is 11.1. The topological polar surface area (TPSA) is 67.5 Å². The van der Waals surface area contributed by atoms with Gasteiger partial charge in [-0.15, -0.1) is 0 Å². The summed E-state index contributed by atoms with van der Waals surface area (Å²) in [6.07, 6.45) is 0.609. The van der Waals surface area contributed by atoms with Gasteiger partial charge in [-0.05, 0) is 55.3 Å². The van der Waals surface area contributed by atoms with Gasteiger partial charge in [0.15, 0.2) is 5.65 Å². The zero-order valence-electron chi connectivity index (χ0n) is 10.5. The Morgan fingerprint density at radius 1 is 1.33 bits per heavy atom. The van der Waals surface area contributed by atoms with E-state index in [4.69, 9.17) is 5.11 Å². The molecule has 0 saturated heterocycles. The van der Waals surface area contributed by atoms with Crippen LogP contribution in [0.15, 0.2) is 0 Å². The highest BCUT2D eigenvalue weighted by atomic mass is 127. The van der Waals surface area contributed by atoms with E-state index in [1.54, 1.807) is 4.52 Å². The van der Waals surface area contributed by atoms with E-state index in [1.807, 2.05) is 20.8 Å². The standard InChI is InChI=1S/C12H14IN3O2/c1-6-9(4-5-10(17)18)8(3)16-12(14-6)11(13)7(2)15-16/h4-5H2,1-3H3,(H,17,18). The van der Waals surface area contributed by atoms with Crippen molar-refractivity contribution in [3.05, 3.63) is 26.2 Å². The molecule has 0 spiro atoms. The van der Waals surface area contributed by atoms with Crippen LogP contribution in [-0.2, 0) is 11.2 Å². The van der Waals surface area contributed by atoms with Crippen molar-refractivity contribution in [2.45, 2.75) is 33.6 Å². The molecule has 0 aliphatic rings. The van der Waals surface area contributed by atoms with Crippen molar-refractivity contribution in [3.63, 3.8) is 0 Å². The van der Waals surface area contributed by atoms with Crippen molar-refractivity contribution >= 4 is 34.2 Å². The highest BCUT2D eigenvalue weighted by molar-refractivity contribution is 14.1. The Bertz CT molecular complexity index is 634. The number of rotatable bonds is 3. The molecule has 0 atom stereocenters. The minimum Gasteiger partial charge on any atom is -0.481 e. The SMILES string of the molecule is Cc1nc2c(I)c(C)nn2c(C)c1CCC(=O)O. The number of halogens is 1. The lowest BCUT2D eigenvalue weighted by atomic mass is 10.1. The van der Waals surface area contributed by atoms with Gasteiger partial charge in [0.1, 0.15) is 0 Å². The van der Waals surface area contributed by atoms with Crippen molar-refractivity contribution in [3.8, 4) is 0 Å². The van der Waals surface area contributed by atoms with Gasteiger partial charge in [-0.1, -0.05) is 0 Å². The van der Waals surface area contributed by atoms with Gasteiger partial charge in [-0.25, -0.2) is 9.50 Å². The molecule has 0 amide bonds. The van der Waals surface area contributed by atoms with Crippen LogP contribution in [0.1, 0.15) is 29.1 Å². The summed E-state index contributed by atoms with van der Waals surface area (Å²) in [4.78, 5) is 15.2. The molecular formula is C12H14IN3O2. The molecule has 5 nitrogen and oxygen atoms in total. The predicted octanol–water partition coefficient (Wildman–Crippen LogP) is 2.28. The summed E-state index contributed by atoms with van der Waals surface area (Å²) in [5, 5.41) is 13.2. The summed E-state index contributed by atoms with van der Waals surface area (Å²) in [6.45, 7) is 5.83. The molecule has 2 aromatic heterocycles. The number of aromatic nitrogens is 3. The summed E-state index contributed by atoms with van der Waals surface area (Å²) in [5.74, 6) is -0.792. The maximum absolute atomic E-state index is 10.7. The number of hydrogen-bond acceptors (Lipinski definition) is 3. The van der Waals surface area contributed by atoms with Crippen LogP contribution in [0, 0.1) is 24.3 Å². The monoisotopic (exact) mass is 359 g/mol. The van der Waals surface area contributed by atoms with Crippen molar-refractivity contribution in [1.29, 1.82) is 0 Å². The predicted molar refractivity (Wildman–Crippen MR) is 75.9 cm³/mol. The van der Waals surface area contributed by atoms with E-state index in [2.05, 4.69) is 32.7 Å². The number of carbonyl (C=O) groups is 1. The van der Waals surface area contributed by atoms with Crippen LogP contribution in [0.5, 0.6) is 0 Å². The lowest BCUT2D eigenvalue weighted by molar-refractivity contribution is -0.136. The summed E-state index contributed by atoms with van der Waals surface area (Å²) >= 11 is 2.23. The number of nitrogens with zero attached hydrogens (tertiary/aromatic N) is 3. The molecule has 0 aromatic carbocycles. The summed E-state index contributed by atoms with van der Waals surface area (Å²) in [7, 11) is 0. The number of aryl methyl sites for hydroxylation is 3. The summed E-state index contributed by atoms with van der Waals surface area (Å²) in [6, 6.07) is 0. The molecule has 6 heteroatoms. The van der Waals surface area contributed by atoms with Gasteiger partial charge < -0.3 is 5.11 Å². The summed E-state index contributed by atoms with van der Waals surface area (Å²) < 4.78 is 2.85. The van der Waals surface area contributed by atoms with E-state index in [9.17, 15) is 4.79 Å². The van der Waals surface area contributed by atoms with Gasteiger partial charge in [-0.3, -0.25) is 4.79 Å². The molecule has 0 bridgehead atoms. The van der Waals surface area contributed by atoms with E-state index in [0.29, 0.717) is 6.42 Å². The lowest BCUT2D eigenvalue weighted by Crippen LogP contribution is -2.08. The molecule has 0 saturated carbocycles. The molecular weight excluding hydrogens is 345 g/mol. The smallest absolute Gasteiger partial charge is 0.303 e. The number of carboxylic acids is 1. The average molecular weight is 359 g/mol. The number of hydrogen-bond donors (Lipinski definition) is 1. The van der Waals surface area contributed by atoms with Gasteiger partial charge in [0.2, 0.25) is 0 Å². The second-order valence-electron chi connectivity index (χ2n) is 4.29. The second kappa shape index (κ2) is 4.83. The first-order chi connectivity index (χ1) is 8.41. The van der Waals surface area contributed by atoms with Gasteiger partial charge in [-0.2, -0.15) is 5.10 Å². The fraction of sp³-hybridized carbons (Fsp3) is 0.417. The average Bonchev–Trinajstić information content (AvgIpc) is 2.56. The van der Waals surface area contributed by atoms with Crippen LogP contribution in [-0.4, -0.2) is 25.7 Å². The molecule has 1 N–H and O–H groups in total. The van der Waals surface area contributed by atoms with Crippen molar-refractivity contribution in [1.82, 2.24) is 14.6 Å². The molecule has 0 aliphatic carbocycles. The third kappa shape index (κ3) is 2.21. The van der Waals surface area contributed by atoms with Crippen LogP contribution >= 0.6 is 22.6 Å². The fourth-order valence-corrected chi connectivity index (χ4v) is 2.49. The molecule has 96 valence electrons. The van der Waals surface area contributed by atoms with Crippen LogP contribution in [0.3, 0.4) is 0 Å². The molecule has 2 heterocycles. The van der Waals surface area contributed by atoms with E-state index in [1.165, 1.54) is 0 Å². The van der Waals surface area contributed by atoms with E-state index in [0.717, 1.165) is 31.9 Å². The Hall–Kier alpha value is -1.18. The maximum atomic E-state index is 10.7. The third-order valence-corrected chi connectivity index (χ3v) is 4.28. The molecule has 0 unspecified atom stereocenters. The van der Waals surface area contributed by atoms with Crippen molar-refractivity contribution < 1.29 is 9.90 Å². The quantitative estimate of drug-likeness (QED) is 0.854. The van der Waals surface area contributed by atoms with Crippen LogP contribution in [0.2, 0.25) is 0 Å². The molecule has 0 aliphatic heterocycles. The van der Waals surface area contributed by atoms with Crippen LogP contribution in [0.25, 0.3) is 5.65 Å². The number of fused-ring (bicyclic) bond motifs is 1. The highest BCUT2D eigenvalue weighted by Crippen LogP contribution is 2.21. The van der Waals surface area contributed by atoms with E-state index >= 15 is 0 Å². The van der Waals surface area contributed by atoms with Crippen molar-refractivity contribution in [2.75, 3.05) is 0 Å². The van der Waals surface area contributed by atoms with E-state index < -0.39 is 5.97 Å². The lowest BCUT2D eigenvalue weighted by Gasteiger charge is -2.09. The molecule has 2 aromatic rings. The minimum atomic E-state index is -0.792. The first kappa shape index (κ1) is 13.3. The molecule has 18 heavy (non-hydrogen) atoms. The number of carboxylic acid groups (broad SMARTS) is 1. The first-order valence-corrected chi connectivity index (χ1v) is 6.72. The fourth-order valence-electron chi connectivity index (χ4n) is 2.04. The Morgan fingerprint density at radius 2 is 2.00 bits per heavy atom. The number of aliphatic carboxylic acids is 1. The van der Waals surface area contributed by atoms with Crippen molar-refractivity contribution in [2.24, 2.45) is 0 Å². The Balaban J connectivity index is 2.58. The molecule has 0 fully saturated rings. The highest BCUT2D eigenvalue weighted by Gasteiger charge is 2.15. The van der Waals surface area contributed by atoms with Gasteiger partial charge in [0.25, 0.3) is 0 Å². The zero-order valence-corrected chi connectivity index (χ0v) is 12.6. The Labute approximate surface area is 118 Å². The van der Waals surface area contributed by atoms with E-state index in [-0.39, 0.29) is 6.42 Å². The van der Waals surface area contributed by atoms with Gasteiger partial charge in [0, 0.05) is 17.8 Å². The maximum Gasteiger partial charge on any atom is 0.303 e. The zero-order chi connectivity index (χ0) is 13.4. The first-order valence-electron chi connectivity index (χ1n) is 5.64. The van der Waals surface area contributed by atoms with Crippen LogP contribution < -0.4 is 0 Å². The molecule has 2 rings (SSSR count). The van der Waals surface area contributed by atoms with Gasteiger partial charge >= 0.3 is 5.97 Å². The second-order valence-corrected chi connectivity index (χ2v) is 5.37. The molecule has 0 radical (unpaired) electrons. The largest absolute Gasteiger partial charge is 0.481 e. The minimum absolute atomic E-state index is 0.117. The van der Waals surface area contributed by atoms with Crippen LogP contribution in [0.4, 0.5) is 0 Å².